The van der Waals surface area contributed by atoms with Crippen molar-refractivity contribution in [1.82, 2.24) is 4.72 Å². The Balaban J connectivity index is 3.09. The van der Waals surface area contributed by atoms with Crippen LogP contribution in [0.5, 0.6) is 0 Å². The van der Waals surface area contributed by atoms with Gasteiger partial charge in [-0.2, -0.15) is 0 Å². The van der Waals surface area contributed by atoms with E-state index in [9.17, 15) is 13.2 Å². The normalized spacial score (nSPS) is 12.4. The van der Waals surface area contributed by atoms with Crippen LogP contribution in [0.4, 0.5) is 0 Å². The van der Waals surface area contributed by atoms with Crippen molar-refractivity contribution in [3.8, 4) is 0 Å². The van der Waals surface area contributed by atoms with E-state index < -0.39 is 15.4 Å². The molecule has 0 atom stereocenters. The van der Waals surface area contributed by atoms with E-state index in [2.05, 4.69) is 4.72 Å². The highest BCUT2D eigenvalue weighted by Gasteiger charge is 2.24. The topological polar surface area (TPSA) is 63.2 Å². The third kappa shape index (κ3) is 4.42. The second-order valence-corrected chi connectivity index (χ2v) is 7.59. The van der Waals surface area contributed by atoms with E-state index in [0.29, 0.717) is 12.1 Å². The average molecular weight is 297 g/mol. The molecule has 1 N–H and O–H groups in total. The van der Waals surface area contributed by atoms with Gasteiger partial charge in [-0.05, 0) is 18.1 Å². The van der Waals surface area contributed by atoms with Crippen molar-refractivity contribution in [2.75, 3.05) is 6.54 Å². The lowest BCUT2D eigenvalue weighted by molar-refractivity contribution is -0.125. The predicted molar refractivity (Wildman–Crippen MR) is 80.1 cm³/mol. The molecule has 20 heavy (non-hydrogen) atoms. The van der Waals surface area contributed by atoms with Crippen molar-refractivity contribution in [2.24, 2.45) is 5.41 Å². The van der Waals surface area contributed by atoms with Crippen molar-refractivity contribution in [1.29, 1.82) is 0 Å². The van der Waals surface area contributed by atoms with Gasteiger partial charge in [0, 0.05) is 18.4 Å². The summed E-state index contributed by atoms with van der Waals surface area (Å²) in [5.74, 6) is 0.0237. The van der Waals surface area contributed by atoms with Gasteiger partial charge in [0.2, 0.25) is 10.0 Å². The van der Waals surface area contributed by atoms with Gasteiger partial charge in [-0.25, -0.2) is 13.1 Å². The Kier molecular flexibility index (Phi) is 5.48. The summed E-state index contributed by atoms with van der Waals surface area (Å²) in [7, 11) is -3.55. The first kappa shape index (κ1) is 16.9. The smallest absolute Gasteiger partial charge is 0.240 e. The van der Waals surface area contributed by atoms with Crippen LogP contribution in [0.3, 0.4) is 0 Å². The molecule has 0 saturated heterocycles. The lowest BCUT2D eigenvalue weighted by Gasteiger charge is -2.18. The third-order valence-corrected chi connectivity index (χ3v) is 4.55. The fourth-order valence-corrected chi connectivity index (χ4v) is 3.04. The molecule has 0 spiro atoms. The molecule has 0 unspecified atom stereocenters. The molecule has 0 radical (unpaired) electrons. The van der Waals surface area contributed by atoms with E-state index in [1.165, 1.54) is 0 Å². The third-order valence-electron chi connectivity index (χ3n) is 2.99. The summed E-state index contributed by atoms with van der Waals surface area (Å²) in [4.78, 5) is 12.3. The van der Waals surface area contributed by atoms with Gasteiger partial charge in [-0.3, -0.25) is 4.79 Å². The van der Waals surface area contributed by atoms with E-state index in [4.69, 9.17) is 0 Å². The zero-order chi connectivity index (χ0) is 15.4. The lowest BCUT2D eigenvalue weighted by Crippen LogP contribution is -2.27. The Hall–Kier alpha value is -1.20. The highest BCUT2D eigenvalue weighted by molar-refractivity contribution is 7.89. The van der Waals surface area contributed by atoms with Crippen LogP contribution >= 0.6 is 0 Å². The number of hydrogen-bond acceptors (Lipinski definition) is 3. The van der Waals surface area contributed by atoms with E-state index in [1.54, 1.807) is 24.3 Å². The number of hydrogen-bond donors (Lipinski definition) is 1. The van der Waals surface area contributed by atoms with Gasteiger partial charge in [0.1, 0.15) is 5.78 Å². The molecular weight excluding hydrogens is 274 g/mol. The molecule has 1 rings (SSSR count). The summed E-state index contributed by atoms with van der Waals surface area (Å²) in [6.45, 7) is 7.80. The molecule has 1 aromatic carbocycles. The number of carbonyl (C=O) groups is 1. The number of ketones is 1. The van der Waals surface area contributed by atoms with Gasteiger partial charge in [-0.1, -0.05) is 45.9 Å². The molecule has 0 aliphatic heterocycles. The van der Waals surface area contributed by atoms with Crippen LogP contribution in [0, 0.1) is 5.41 Å². The predicted octanol–water partition coefficient (Wildman–Crippen LogP) is 2.53. The molecule has 0 amide bonds. The number of Topliss-reactive ketones (excluding diaryl/α,β-unsaturated/α-hetero) is 1. The molecule has 112 valence electrons. The summed E-state index contributed by atoms with van der Waals surface area (Å²) in [5.41, 5.74) is 0.0734. The molecule has 0 aliphatic rings. The van der Waals surface area contributed by atoms with Gasteiger partial charge in [0.15, 0.2) is 0 Å². The number of sulfonamides is 1. The molecule has 1 aromatic rings. The first-order valence-corrected chi connectivity index (χ1v) is 8.27. The lowest BCUT2D eigenvalue weighted by atomic mass is 9.87. The second-order valence-electron chi connectivity index (χ2n) is 5.86. The Bertz CT molecular complexity index is 571. The zero-order valence-electron chi connectivity index (χ0n) is 12.6. The molecule has 0 fully saturated rings. The van der Waals surface area contributed by atoms with Crippen LogP contribution in [-0.4, -0.2) is 20.7 Å². The van der Waals surface area contributed by atoms with Gasteiger partial charge in [0.05, 0.1) is 4.90 Å². The minimum atomic E-state index is -3.55. The molecule has 0 bridgehead atoms. The van der Waals surface area contributed by atoms with E-state index in [0.717, 1.165) is 6.42 Å². The summed E-state index contributed by atoms with van der Waals surface area (Å²) < 4.78 is 27.0. The fourth-order valence-electron chi connectivity index (χ4n) is 1.66. The quantitative estimate of drug-likeness (QED) is 0.877. The molecule has 0 heterocycles. The Morgan fingerprint density at radius 2 is 1.80 bits per heavy atom. The maximum Gasteiger partial charge on any atom is 0.240 e. The minimum absolute atomic E-state index is 0.0237. The molecule has 0 aromatic heterocycles. The van der Waals surface area contributed by atoms with Crippen LogP contribution in [0.15, 0.2) is 29.2 Å². The first-order valence-electron chi connectivity index (χ1n) is 6.79. The Morgan fingerprint density at radius 1 is 1.20 bits per heavy atom. The van der Waals surface area contributed by atoms with Crippen LogP contribution in [0.1, 0.15) is 39.7 Å². The van der Waals surface area contributed by atoms with Crippen LogP contribution in [-0.2, 0) is 21.2 Å². The molecule has 4 nitrogen and oxygen atoms in total. The highest BCUT2D eigenvalue weighted by atomic mass is 32.2. The van der Waals surface area contributed by atoms with Crippen LogP contribution < -0.4 is 4.72 Å². The monoisotopic (exact) mass is 297 g/mol. The van der Waals surface area contributed by atoms with Crippen molar-refractivity contribution < 1.29 is 13.2 Å². The van der Waals surface area contributed by atoms with Gasteiger partial charge < -0.3 is 0 Å². The van der Waals surface area contributed by atoms with E-state index in [-0.39, 0.29) is 17.1 Å². The fraction of sp³-hybridized carbons (Fsp3) is 0.533. The maximum atomic E-state index is 12.2. The van der Waals surface area contributed by atoms with Crippen LogP contribution in [0.2, 0.25) is 0 Å². The minimum Gasteiger partial charge on any atom is -0.299 e. The summed E-state index contributed by atoms with van der Waals surface area (Å²) in [6, 6.07) is 6.67. The molecular formula is C15H23NO3S. The Labute approximate surface area is 121 Å². The number of rotatable bonds is 6. The average Bonchev–Trinajstić information content (AvgIpc) is 2.36. The van der Waals surface area contributed by atoms with Gasteiger partial charge in [-0.15, -0.1) is 0 Å². The summed E-state index contributed by atoms with van der Waals surface area (Å²) in [6.07, 6.45) is 0.856. The SMILES string of the molecule is CCCNS(=O)(=O)c1ccccc1CC(=O)C(C)(C)C. The van der Waals surface area contributed by atoms with E-state index in [1.807, 2.05) is 27.7 Å². The summed E-state index contributed by atoms with van der Waals surface area (Å²) in [5, 5.41) is 0. The standard InChI is InChI=1S/C15H23NO3S/c1-5-10-16-20(18,19)13-9-7-6-8-12(13)11-14(17)15(2,3)4/h6-9,16H,5,10-11H2,1-4H3. The molecule has 5 heteroatoms. The maximum absolute atomic E-state index is 12.2. The molecule has 0 saturated carbocycles. The van der Waals surface area contributed by atoms with Gasteiger partial charge >= 0.3 is 0 Å². The van der Waals surface area contributed by atoms with Crippen molar-refractivity contribution in [2.45, 2.75) is 45.4 Å². The van der Waals surface area contributed by atoms with Crippen molar-refractivity contribution in [3.05, 3.63) is 29.8 Å². The summed E-state index contributed by atoms with van der Waals surface area (Å²) >= 11 is 0. The van der Waals surface area contributed by atoms with Gasteiger partial charge in [0.25, 0.3) is 0 Å². The highest BCUT2D eigenvalue weighted by Crippen LogP contribution is 2.22. The largest absolute Gasteiger partial charge is 0.299 e. The number of carbonyl (C=O) groups excluding carboxylic acids is 1. The number of benzene rings is 1. The van der Waals surface area contributed by atoms with E-state index >= 15 is 0 Å². The van der Waals surface area contributed by atoms with Crippen molar-refractivity contribution >= 4 is 15.8 Å². The van der Waals surface area contributed by atoms with Crippen LogP contribution in [0.25, 0.3) is 0 Å². The van der Waals surface area contributed by atoms with Crippen molar-refractivity contribution in [3.63, 3.8) is 0 Å². The number of nitrogens with one attached hydrogen (secondary N) is 1. The second kappa shape index (κ2) is 6.50. The molecule has 0 aliphatic carbocycles. The Morgan fingerprint density at radius 3 is 2.35 bits per heavy atom. The first-order chi connectivity index (χ1) is 9.18. The zero-order valence-corrected chi connectivity index (χ0v) is 13.4.